The maximum atomic E-state index is 9.47. The van der Waals surface area contributed by atoms with Gasteiger partial charge in [-0.05, 0) is 47.5 Å². The van der Waals surface area contributed by atoms with Gasteiger partial charge in [0.2, 0.25) is 0 Å². The lowest BCUT2D eigenvalue weighted by molar-refractivity contribution is 0.477. The minimum absolute atomic E-state index is 0.0221. The van der Waals surface area contributed by atoms with E-state index in [1.165, 1.54) is 0 Å². The number of benzene rings is 3. The number of hydrogen-bond donors (Lipinski definition) is 6. The molecule has 6 nitrogen and oxygen atoms in total. The van der Waals surface area contributed by atoms with Gasteiger partial charge in [0.25, 0.3) is 0 Å². The molecule has 0 aliphatic rings. The highest BCUT2D eigenvalue weighted by atomic mass is 16.3. The first kappa shape index (κ1) is 16.8. The molecule has 0 unspecified atom stereocenters. The van der Waals surface area contributed by atoms with Gasteiger partial charge in [-0.1, -0.05) is 24.3 Å². The van der Waals surface area contributed by atoms with Crippen molar-refractivity contribution in [2.45, 2.75) is 0 Å². The Bertz CT molecular complexity index is 780. The van der Waals surface area contributed by atoms with E-state index < -0.39 is 0 Å². The predicted molar refractivity (Wildman–Crippen MR) is 99.3 cm³/mol. The van der Waals surface area contributed by atoms with Gasteiger partial charge in [-0.15, -0.1) is 0 Å². The molecule has 124 valence electrons. The summed E-state index contributed by atoms with van der Waals surface area (Å²) in [5.41, 5.74) is 25.3. The molecule has 6 heteroatoms. The van der Waals surface area contributed by atoms with Gasteiger partial charge in [0, 0.05) is 0 Å². The van der Waals surface area contributed by atoms with Crippen LogP contribution in [0.3, 0.4) is 0 Å². The SMILES string of the molecule is Nc1ccc(-c2ccc(N)c(O)c2)cc1O.Nc1ccccc1N. The van der Waals surface area contributed by atoms with Gasteiger partial charge < -0.3 is 33.1 Å². The maximum Gasteiger partial charge on any atom is 0.139 e. The standard InChI is InChI=1S/C12H12N2O2.C6H8N2/c13-9-3-1-7(5-11(9)15)8-2-4-10(14)12(16)6-8;7-5-3-1-2-4-6(5)8/h1-6,15-16H,13-14H2;1-4H,7-8H2. The van der Waals surface area contributed by atoms with E-state index in [0.29, 0.717) is 22.7 Å². The van der Waals surface area contributed by atoms with Crippen molar-refractivity contribution in [2.24, 2.45) is 0 Å². The molecular formula is C18H20N4O2. The number of phenolic OH excluding ortho intramolecular Hbond substituents is 2. The first-order chi connectivity index (χ1) is 11.4. The van der Waals surface area contributed by atoms with Crippen LogP contribution in [0, 0.1) is 0 Å². The smallest absolute Gasteiger partial charge is 0.139 e. The Balaban J connectivity index is 0.000000219. The summed E-state index contributed by atoms with van der Waals surface area (Å²) in [7, 11) is 0. The maximum absolute atomic E-state index is 9.47. The molecule has 0 heterocycles. The van der Waals surface area contributed by atoms with Crippen LogP contribution in [-0.2, 0) is 0 Å². The van der Waals surface area contributed by atoms with Crippen LogP contribution in [0.25, 0.3) is 11.1 Å². The van der Waals surface area contributed by atoms with Crippen molar-refractivity contribution >= 4 is 22.7 Å². The molecule has 10 N–H and O–H groups in total. The summed E-state index contributed by atoms with van der Waals surface area (Å²) in [6, 6.07) is 17.1. The van der Waals surface area contributed by atoms with E-state index in [1.807, 2.05) is 12.1 Å². The first-order valence-corrected chi connectivity index (χ1v) is 7.16. The number of anilines is 4. The average molecular weight is 324 g/mol. The zero-order valence-electron chi connectivity index (χ0n) is 13.0. The quantitative estimate of drug-likeness (QED) is 0.300. The van der Waals surface area contributed by atoms with Gasteiger partial charge in [0.1, 0.15) is 11.5 Å². The number of phenols is 2. The van der Waals surface area contributed by atoms with Crippen molar-refractivity contribution in [1.29, 1.82) is 0 Å². The van der Waals surface area contributed by atoms with Gasteiger partial charge >= 0.3 is 0 Å². The normalized spacial score (nSPS) is 9.83. The molecule has 0 aromatic heterocycles. The predicted octanol–water partition coefficient (Wildman–Crippen LogP) is 2.78. The van der Waals surface area contributed by atoms with Crippen LogP contribution in [0.1, 0.15) is 0 Å². The molecule has 24 heavy (non-hydrogen) atoms. The Morgan fingerprint density at radius 2 is 0.875 bits per heavy atom. The van der Waals surface area contributed by atoms with Gasteiger partial charge in [-0.3, -0.25) is 0 Å². The fraction of sp³-hybridized carbons (Fsp3) is 0. The second kappa shape index (κ2) is 7.15. The average Bonchev–Trinajstić information content (AvgIpc) is 2.56. The van der Waals surface area contributed by atoms with Crippen molar-refractivity contribution in [3.63, 3.8) is 0 Å². The summed E-state index contributed by atoms with van der Waals surface area (Å²) in [4.78, 5) is 0. The fourth-order valence-electron chi connectivity index (χ4n) is 1.96. The summed E-state index contributed by atoms with van der Waals surface area (Å²) in [5, 5.41) is 18.9. The molecule has 0 aliphatic heterocycles. The minimum atomic E-state index is 0.0221. The van der Waals surface area contributed by atoms with Gasteiger partial charge in [0.05, 0.1) is 22.7 Å². The van der Waals surface area contributed by atoms with E-state index in [-0.39, 0.29) is 11.5 Å². The molecule has 3 aromatic rings. The Hall–Kier alpha value is -3.54. The topological polar surface area (TPSA) is 145 Å². The summed E-state index contributed by atoms with van der Waals surface area (Å²) in [6.07, 6.45) is 0. The summed E-state index contributed by atoms with van der Waals surface area (Å²) >= 11 is 0. The Morgan fingerprint density at radius 1 is 0.500 bits per heavy atom. The molecule has 0 radical (unpaired) electrons. The second-order valence-corrected chi connectivity index (χ2v) is 5.18. The van der Waals surface area contributed by atoms with E-state index in [0.717, 1.165) is 11.1 Å². The number of nitrogen functional groups attached to an aromatic ring is 4. The lowest BCUT2D eigenvalue weighted by Gasteiger charge is -2.06. The van der Waals surface area contributed by atoms with Gasteiger partial charge in [-0.25, -0.2) is 0 Å². The van der Waals surface area contributed by atoms with E-state index in [1.54, 1.807) is 48.5 Å². The van der Waals surface area contributed by atoms with Crippen LogP contribution in [0.5, 0.6) is 11.5 Å². The highest BCUT2D eigenvalue weighted by Crippen LogP contribution is 2.31. The zero-order valence-corrected chi connectivity index (χ0v) is 13.0. The van der Waals surface area contributed by atoms with Crippen molar-refractivity contribution in [3.05, 3.63) is 60.7 Å². The molecular weight excluding hydrogens is 304 g/mol. The largest absolute Gasteiger partial charge is 0.506 e. The van der Waals surface area contributed by atoms with E-state index in [9.17, 15) is 10.2 Å². The van der Waals surface area contributed by atoms with Crippen LogP contribution in [0.2, 0.25) is 0 Å². The monoisotopic (exact) mass is 324 g/mol. The molecule has 0 spiro atoms. The highest BCUT2D eigenvalue weighted by molar-refractivity contribution is 5.73. The van der Waals surface area contributed by atoms with E-state index in [4.69, 9.17) is 22.9 Å². The van der Waals surface area contributed by atoms with Gasteiger partial charge in [-0.2, -0.15) is 0 Å². The molecule has 3 rings (SSSR count). The first-order valence-electron chi connectivity index (χ1n) is 7.16. The van der Waals surface area contributed by atoms with Crippen molar-refractivity contribution in [3.8, 4) is 22.6 Å². The molecule has 0 aliphatic carbocycles. The summed E-state index contributed by atoms with van der Waals surface area (Å²) < 4.78 is 0. The van der Waals surface area contributed by atoms with Gasteiger partial charge in [0.15, 0.2) is 0 Å². The molecule has 0 saturated heterocycles. The van der Waals surface area contributed by atoms with Crippen molar-refractivity contribution < 1.29 is 10.2 Å². The number of rotatable bonds is 1. The van der Waals surface area contributed by atoms with Crippen molar-refractivity contribution in [2.75, 3.05) is 22.9 Å². The minimum Gasteiger partial charge on any atom is -0.506 e. The van der Waals surface area contributed by atoms with E-state index >= 15 is 0 Å². The number of nitrogens with two attached hydrogens (primary N) is 4. The number of hydrogen-bond acceptors (Lipinski definition) is 6. The van der Waals surface area contributed by atoms with Crippen LogP contribution < -0.4 is 22.9 Å². The lowest BCUT2D eigenvalue weighted by Crippen LogP contribution is -1.91. The third-order valence-corrected chi connectivity index (χ3v) is 3.39. The zero-order chi connectivity index (χ0) is 17.7. The van der Waals surface area contributed by atoms with Crippen LogP contribution in [-0.4, -0.2) is 10.2 Å². The Morgan fingerprint density at radius 3 is 1.17 bits per heavy atom. The molecule has 0 amide bonds. The molecule has 3 aromatic carbocycles. The van der Waals surface area contributed by atoms with E-state index in [2.05, 4.69) is 0 Å². The summed E-state index contributed by atoms with van der Waals surface area (Å²) in [6.45, 7) is 0. The summed E-state index contributed by atoms with van der Waals surface area (Å²) in [5.74, 6) is 0.0441. The van der Waals surface area contributed by atoms with Crippen LogP contribution >= 0.6 is 0 Å². The van der Waals surface area contributed by atoms with Crippen LogP contribution in [0.15, 0.2) is 60.7 Å². The Labute approximate surface area is 139 Å². The Kier molecular flexibility index (Phi) is 5.01. The second-order valence-electron chi connectivity index (χ2n) is 5.18. The third kappa shape index (κ3) is 4.01. The van der Waals surface area contributed by atoms with Crippen molar-refractivity contribution in [1.82, 2.24) is 0 Å². The molecule has 0 fully saturated rings. The number of aromatic hydroxyl groups is 2. The van der Waals surface area contributed by atoms with Crippen LogP contribution in [0.4, 0.5) is 22.7 Å². The molecule has 0 bridgehead atoms. The molecule has 0 atom stereocenters. The third-order valence-electron chi connectivity index (χ3n) is 3.39. The number of para-hydroxylation sites is 2. The highest BCUT2D eigenvalue weighted by Gasteiger charge is 2.04. The lowest BCUT2D eigenvalue weighted by atomic mass is 10.0. The fourth-order valence-corrected chi connectivity index (χ4v) is 1.96. The molecule has 0 saturated carbocycles.